The molecule has 0 heterocycles. The molecule has 0 spiro atoms. The zero-order valence-electron chi connectivity index (χ0n) is 6.02. The Labute approximate surface area is 51.7 Å². The molecule has 1 nitrogen and oxygen atoms in total. The Hall–Kier alpha value is -0.0400. The highest BCUT2D eigenvalue weighted by Gasteiger charge is 2.34. The highest BCUT2D eigenvalue weighted by atomic mass is 15.2. The molecular weight excluding hydrogens is 98.1 g/mol. The van der Waals surface area contributed by atoms with Gasteiger partial charge in [-0.3, -0.25) is 0 Å². The standard InChI is InChI=1S/C7H15N/c1-4-8(3)7-5-6(7)2/h6-7H,4-5H2,1-3H3/t6?,7-/m1/s1. The third kappa shape index (κ3) is 1.03. The molecule has 0 N–H and O–H groups in total. The SMILES string of the molecule is CCN(C)[C@@H]1CC1C. The highest BCUT2D eigenvalue weighted by Crippen LogP contribution is 2.33. The topological polar surface area (TPSA) is 3.24 Å². The summed E-state index contributed by atoms with van der Waals surface area (Å²) < 4.78 is 0. The van der Waals surface area contributed by atoms with Crippen LogP contribution in [0.4, 0.5) is 0 Å². The molecule has 1 aliphatic rings. The van der Waals surface area contributed by atoms with Crippen molar-refractivity contribution in [3.63, 3.8) is 0 Å². The first-order valence-corrected chi connectivity index (χ1v) is 3.46. The van der Waals surface area contributed by atoms with E-state index in [4.69, 9.17) is 0 Å². The van der Waals surface area contributed by atoms with Crippen molar-refractivity contribution in [2.75, 3.05) is 13.6 Å². The summed E-state index contributed by atoms with van der Waals surface area (Å²) in [4.78, 5) is 2.42. The van der Waals surface area contributed by atoms with Gasteiger partial charge in [0, 0.05) is 6.04 Å². The van der Waals surface area contributed by atoms with Crippen LogP contribution in [-0.4, -0.2) is 24.5 Å². The maximum Gasteiger partial charge on any atom is 0.0121 e. The molecule has 8 heavy (non-hydrogen) atoms. The average molecular weight is 113 g/mol. The Kier molecular flexibility index (Phi) is 1.57. The van der Waals surface area contributed by atoms with Gasteiger partial charge in [0.1, 0.15) is 0 Å². The maximum atomic E-state index is 2.42. The molecule has 0 radical (unpaired) electrons. The summed E-state index contributed by atoms with van der Waals surface area (Å²) in [7, 11) is 2.20. The maximum absolute atomic E-state index is 2.42. The Bertz CT molecular complexity index is 78.5. The van der Waals surface area contributed by atoms with Gasteiger partial charge in [-0.2, -0.15) is 0 Å². The fraction of sp³-hybridized carbons (Fsp3) is 1.00. The van der Waals surface area contributed by atoms with Gasteiger partial charge in [0.05, 0.1) is 0 Å². The predicted octanol–water partition coefficient (Wildman–Crippen LogP) is 1.35. The summed E-state index contributed by atoms with van der Waals surface area (Å²) in [5, 5.41) is 0. The van der Waals surface area contributed by atoms with Crippen LogP contribution < -0.4 is 0 Å². The molecule has 0 aromatic rings. The van der Waals surface area contributed by atoms with Crippen LogP contribution in [0.3, 0.4) is 0 Å². The van der Waals surface area contributed by atoms with E-state index in [9.17, 15) is 0 Å². The van der Waals surface area contributed by atoms with Gasteiger partial charge in [0.2, 0.25) is 0 Å². The molecule has 0 amide bonds. The lowest BCUT2D eigenvalue weighted by Gasteiger charge is -2.11. The molecule has 2 atom stereocenters. The van der Waals surface area contributed by atoms with E-state index in [0.717, 1.165) is 12.0 Å². The Morgan fingerprint density at radius 1 is 1.62 bits per heavy atom. The number of hydrogen-bond acceptors (Lipinski definition) is 1. The molecule has 1 saturated carbocycles. The second kappa shape index (κ2) is 2.06. The second-order valence-electron chi connectivity index (χ2n) is 2.85. The third-order valence-electron chi connectivity index (χ3n) is 2.13. The third-order valence-corrected chi connectivity index (χ3v) is 2.13. The fourth-order valence-corrected chi connectivity index (χ4v) is 1.15. The van der Waals surface area contributed by atoms with Crippen LogP contribution in [0.5, 0.6) is 0 Å². The number of rotatable bonds is 2. The van der Waals surface area contributed by atoms with Crippen molar-refractivity contribution < 1.29 is 0 Å². The van der Waals surface area contributed by atoms with Crippen LogP contribution >= 0.6 is 0 Å². The van der Waals surface area contributed by atoms with Gasteiger partial charge in [-0.1, -0.05) is 13.8 Å². The van der Waals surface area contributed by atoms with Crippen molar-refractivity contribution in [1.29, 1.82) is 0 Å². The van der Waals surface area contributed by atoms with E-state index in [1.54, 1.807) is 0 Å². The Morgan fingerprint density at radius 3 is 2.25 bits per heavy atom. The van der Waals surface area contributed by atoms with E-state index in [2.05, 4.69) is 25.8 Å². The van der Waals surface area contributed by atoms with E-state index in [1.165, 1.54) is 13.0 Å². The van der Waals surface area contributed by atoms with E-state index >= 15 is 0 Å². The monoisotopic (exact) mass is 113 g/mol. The Balaban J connectivity index is 2.18. The molecule has 0 bridgehead atoms. The van der Waals surface area contributed by atoms with Crippen LogP contribution in [-0.2, 0) is 0 Å². The minimum atomic E-state index is 0.917. The predicted molar refractivity (Wildman–Crippen MR) is 35.9 cm³/mol. The van der Waals surface area contributed by atoms with Gasteiger partial charge in [-0.05, 0) is 25.9 Å². The number of hydrogen-bond donors (Lipinski definition) is 0. The molecule has 48 valence electrons. The van der Waals surface area contributed by atoms with E-state index < -0.39 is 0 Å². The number of nitrogens with zero attached hydrogens (tertiary/aromatic N) is 1. The summed E-state index contributed by atoms with van der Waals surface area (Å²) in [6, 6.07) is 0.917. The molecule has 1 heteroatoms. The first kappa shape index (κ1) is 6.09. The fourth-order valence-electron chi connectivity index (χ4n) is 1.15. The molecule has 1 rings (SSSR count). The summed E-state index contributed by atoms with van der Waals surface area (Å²) in [6.45, 7) is 5.73. The zero-order chi connectivity index (χ0) is 6.15. The lowest BCUT2D eigenvalue weighted by molar-refractivity contribution is 0.329. The first-order valence-electron chi connectivity index (χ1n) is 3.46. The van der Waals surface area contributed by atoms with Gasteiger partial charge in [-0.25, -0.2) is 0 Å². The summed E-state index contributed by atoms with van der Waals surface area (Å²) in [5.41, 5.74) is 0. The molecular formula is C7H15N. The van der Waals surface area contributed by atoms with Crippen molar-refractivity contribution in [3.05, 3.63) is 0 Å². The summed E-state index contributed by atoms with van der Waals surface area (Å²) >= 11 is 0. The van der Waals surface area contributed by atoms with Crippen molar-refractivity contribution in [3.8, 4) is 0 Å². The Morgan fingerprint density at radius 2 is 2.12 bits per heavy atom. The molecule has 1 fully saturated rings. The molecule has 0 aliphatic heterocycles. The second-order valence-corrected chi connectivity index (χ2v) is 2.85. The van der Waals surface area contributed by atoms with E-state index in [-0.39, 0.29) is 0 Å². The van der Waals surface area contributed by atoms with Gasteiger partial charge in [-0.15, -0.1) is 0 Å². The van der Waals surface area contributed by atoms with E-state index in [1.807, 2.05) is 0 Å². The quantitative estimate of drug-likeness (QED) is 0.522. The van der Waals surface area contributed by atoms with Crippen molar-refractivity contribution in [2.45, 2.75) is 26.3 Å². The highest BCUT2D eigenvalue weighted by molar-refractivity contribution is 4.89. The van der Waals surface area contributed by atoms with Crippen LogP contribution in [0.1, 0.15) is 20.3 Å². The van der Waals surface area contributed by atoms with Crippen LogP contribution in [0, 0.1) is 5.92 Å². The smallest absolute Gasteiger partial charge is 0.0121 e. The normalized spacial score (nSPS) is 36.0. The molecule has 1 aliphatic carbocycles. The van der Waals surface area contributed by atoms with Gasteiger partial charge in [0.25, 0.3) is 0 Å². The largest absolute Gasteiger partial charge is 0.303 e. The van der Waals surface area contributed by atoms with Crippen LogP contribution in [0.2, 0.25) is 0 Å². The lowest BCUT2D eigenvalue weighted by Crippen LogP contribution is -2.20. The molecule has 0 aromatic carbocycles. The van der Waals surface area contributed by atoms with Gasteiger partial charge in [0.15, 0.2) is 0 Å². The van der Waals surface area contributed by atoms with Crippen LogP contribution in [0.25, 0.3) is 0 Å². The molecule has 0 aromatic heterocycles. The first-order chi connectivity index (χ1) is 3.75. The van der Waals surface area contributed by atoms with Crippen LogP contribution in [0.15, 0.2) is 0 Å². The average Bonchev–Trinajstić information content (AvgIpc) is 2.45. The summed E-state index contributed by atoms with van der Waals surface area (Å²) in [5.74, 6) is 0.972. The lowest BCUT2D eigenvalue weighted by atomic mass is 10.4. The minimum absolute atomic E-state index is 0.917. The van der Waals surface area contributed by atoms with E-state index in [0.29, 0.717) is 0 Å². The van der Waals surface area contributed by atoms with Crippen molar-refractivity contribution in [2.24, 2.45) is 5.92 Å². The van der Waals surface area contributed by atoms with Crippen molar-refractivity contribution >= 4 is 0 Å². The molecule has 0 saturated heterocycles. The minimum Gasteiger partial charge on any atom is -0.303 e. The summed E-state index contributed by atoms with van der Waals surface area (Å²) in [6.07, 6.45) is 1.42. The van der Waals surface area contributed by atoms with Gasteiger partial charge >= 0.3 is 0 Å². The molecule has 1 unspecified atom stereocenters. The van der Waals surface area contributed by atoms with Gasteiger partial charge < -0.3 is 4.90 Å². The zero-order valence-corrected chi connectivity index (χ0v) is 6.02. The van der Waals surface area contributed by atoms with Crippen molar-refractivity contribution in [1.82, 2.24) is 4.90 Å².